The summed E-state index contributed by atoms with van der Waals surface area (Å²) in [4.78, 5) is 1.84. The predicted molar refractivity (Wildman–Crippen MR) is 75.0 cm³/mol. The van der Waals surface area contributed by atoms with Crippen molar-refractivity contribution in [1.82, 2.24) is 10.2 Å². The highest BCUT2D eigenvalue weighted by Crippen LogP contribution is 2.32. The van der Waals surface area contributed by atoms with Crippen LogP contribution in [0.1, 0.15) is 11.6 Å². The van der Waals surface area contributed by atoms with E-state index >= 15 is 0 Å². The molecule has 0 aliphatic carbocycles. The van der Waals surface area contributed by atoms with E-state index in [0.29, 0.717) is 18.7 Å². The van der Waals surface area contributed by atoms with E-state index in [4.69, 9.17) is 0 Å². The molecule has 2 rings (SSSR count). The van der Waals surface area contributed by atoms with Crippen LogP contribution in [0.5, 0.6) is 0 Å². The summed E-state index contributed by atoms with van der Waals surface area (Å²) in [6.45, 7) is 2.84. The van der Waals surface area contributed by atoms with E-state index in [0.717, 1.165) is 22.0 Å². The maximum Gasteiger partial charge on any atom is 0.258 e. The maximum absolute atomic E-state index is 13.3. The zero-order valence-electron chi connectivity index (χ0n) is 9.67. The van der Waals surface area contributed by atoms with Gasteiger partial charge in [-0.25, -0.2) is 8.78 Å². The average molecular weight is 384 g/mol. The molecule has 100 valence electrons. The van der Waals surface area contributed by atoms with E-state index in [1.807, 2.05) is 4.90 Å². The quantitative estimate of drug-likeness (QED) is 0.860. The Kier molecular flexibility index (Phi) is 5.12. The van der Waals surface area contributed by atoms with Crippen molar-refractivity contribution < 1.29 is 8.78 Å². The van der Waals surface area contributed by atoms with Gasteiger partial charge in [0, 0.05) is 35.1 Å². The van der Waals surface area contributed by atoms with Gasteiger partial charge in [0.1, 0.15) is 0 Å². The van der Waals surface area contributed by atoms with Gasteiger partial charge in [-0.1, -0.05) is 6.07 Å². The summed E-state index contributed by atoms with van der Waals surface area (Å²) in [7, 11) is 0. The van der Waals surface area contributed by atoms with Gasteiger partial charge >= 0.3 is 0 Å². The highest BCUT2D eigenvalue weighted by atomic mass is 79.9. The zero-order valence-corrected chi connectivity index (χ0v) is 12.8. The lowest BCUT2D eigenvalue weighted by Gasteiger charge is -2.34. The number of hydrogen-bond acceptors (Lipinski definition) is 2. The van der Waals surface area contributed by atoms with Gasteiger partial charge in [0.05, 0.1) is 6.04 Å². The van der Waals surface area contributed by atoms with Crippen LogP contribution in [0, 0.1) is 0 Å². The van der Waals surface area contributed by atoms with Gasteiger partial charge in [-0.3, -0.25) is 4.90 Å². The second-order valence-electron chi connectivity index (χ2n) is 4.24. The first kappa shape index (κ1) is 14.4. The molecular weight excluding hydrogens is 370 g/mol. The van der Waals surface area contributed by atoms with Crippen LogP contribution in [0.3, 0.4) is 0 Å². The molecule has 6 heteroatoms. The van der Waals surface area contributed by atoms with Crippen molar-refractivity contribution in [3.05, 3.63) is 32.7 Å². The van der Waals surface area contributed by atoms with Crippen molar-refractivity contribution in [2.75, 3.05) is 26.2 Å². The van der Waals surface area contributed by atoms with Crippen molar-refractivity contribution in [1.29, 1.82) is 0 Å². The summed E-state index contributed by atoms with van der Waals surface area (Å²) in [5.41, 5.74) is 0.655. The van der Waals surface area contributed by atoms with Gasteiger partial charge in [-0.2, -0.15) is 0 Å². The van der Waals surface area contributed by atoms with E-state index in [-0.39, 0.29) is 0 Å². The Morgan fingerprint density at radius 2 is 1.78 bits per heavy atom. The van der Waals surface area contributed by atoms with Crippen molar-refractivity contribution in [3.8, 4) is 0 Å². The Balaban J connectivity index is 2.25. The Hall–Kier alpha value is -0.0400. The third-order valence-corrected chi connectivity index (χ3v) is 4.95. The monoisotopic (exact) mass is 382 g/mol. The minimum Gasteiger partial charge on any atom is -0.314 e. The SMILES string of the molecule is FC(F)[C@@H](c1ccc(Br)c(Br)c1)N1CCNCC1. The molecule has 1 atom stereocenters. The molecule has 1 aliphatic rings. The number of benzene rings is 1. The van der Waals surface area contributed by atoms with Crippen LogP contribution in [-0.2, 0) is 0 Å². The van der Waals surface area contributed by atoms with E-state index in [1.165, 1.54) is 0 Å². The van der Waals surface area contributed by atoms with Crippen LogP contribution >= 0.6 is 31.9 Å². The average Bonchev–Trinajstić information content (AvgIpc) is 2.35. The van der Waals surface area contributed by atoms with E-state index in [2.05, 4.69) is 37.2 Å². The summed E-state index contributed by atoms with van der Waals surface area (Å²) in [5, 5.41) is 3.18. The summed E-state index contributed by atoms with van der Waals surface area (Å²) in [6.07, 6.45) is -2.38. The first-order valence-electron chi connectivity index (χ1n) is 5.77. The molecule has 0 bridgehead atoms. The minimum absolute atomic E-state index is 0.655. The number of hydrogen-bond donors (Lipinski definition) is 1. The first-order chi connectivity index (χ1) is 8.59. The van der Waals surface area contributed by atoms with Crippen LogP contribution in [-0.4, -0.2) is 37.5 Å². The van der Waals surface area contributed by atoms with E-state index < -0.39 is 12.5 Å². The summed E-state index contributed by atoms with van der Waals surface area (Å²) >= 11 is 6.72. The number of rotatable bonds is 3. The van der Waals surface area contributed by atoms with Crippen molar-refractivity contribution >= 4 is 31.9 Å². The van der Waals surface area contributed by atoms with Crippen LogP contribution in [0.2, 0.25) is 0 Å². The Morgan fingerprint density at radius 3 is 2.33 bits per heavy atom. The highest BCUT2D eigenvalue weighted by molar-refractivity contribution is 9.13. The number of piperazine rings is 1. The molecule has 0 aromatic heterocycles. The van der Waals surface area contributed by atoms with Crippen molar-refractivity contribution in [3.63, 3.8) is 0 Å². The molecule has 2 nitrogen and oxygen atoms in total. The molecule has 1 aliphatic heterocycles. The Bertz CT molecular complexity index is 409. The van der Waals surface area contributed by atoms with Gasteiger partial charge in [-0.15, -0.1) is 0 Å². The molecule has 1 heterocycles. The van der Waals surface area contributed by atoms with E-state index in [1.54, 1.807) is 18.2 Å². The second-order valence-corrected chi connectivity index (χ2v) is 5.95. The molecule has 0 saturated carbocycles. The van der Waals surface area contributed by atoms with Crippen LogP contribution < -0.4 is 5.32 Å². The Morgan fingerprint density at radius 1 is 1.11 bits per heavy atom. The standard InChI is InChI=1S/C12H14Br2F2N2/c13-9-2-1-8(7-10(9)14)11(12(15)16)18-5-3-17-4-6-18/h1-2,7,11-12,17H,3-6H2/t11-/m1/s1. The lowest BCUT2D eigenvalue weighted by molar-refractivity contribution is 0.0181. The number of nitrogens with one attached hydrogen (secondary N) is 1. The molecule has 0 radical (unpaired) electrons. The fraction of sp³-hybridized carbons (Fsp3) is 0.500. The highest BCUT2D eigenvalue weighted by Gasteiger charge is 2.30. The summed E-state index contributed by atoms with van der Waals surface area (Å²) < 4.78 is 28.3. The third kappa shape index (κ3) is 3.29. The molecule has 1 aromatic carbocycles. The molecule has 1 N–H and O–H groups in total. The maximum atomic E-state index is 13.3. The third-order valence-electron chi connectivity index (χ3n) is 3.07. The number of nitrogens with zero attached hydrogens (tertiary/aromatic N) is 1. The molecule has 0 unspecified atom stereocenters. The lowest BCUT2D eigenvalue weighted by Crippen LogP contribution is -2.46. The fourth-order valence-electron chi connectivity index (χ4n) is 2.17. The molecular formula is C12H14Br2F2N2. The molecule has 1 aromatic rings. The van der Waals surface area contributed by atoms with Gasteiger partial charge in [0.25, 0.3) is 6.43 Å². The molecule has 1 fully saturated rings. The van der Waals surface area contributed by atoms with Gasteiger partial charge in [-0.05, 0) is 49.6 Å². The zero-order chi connectivity index (χ0) is 13.1. The minimum atomic E-state index is -2.38. The first-order valence-corrected chi connectivity index (χ1v) is 7.36. The smallest absolute Gasteiger partial charge is 0.258 e. The summed E-state index contributed by atoms with van der Waals surface area (Å²) in [6, 6.07) is 4.50. The van der Waals surface area contributed by atoms with Crippen molar-refractivity contribution in [2.24, 2.45) is 0 Å². The predicted octanol–water partition coefficient (Wildman–Crippen LogP) is 3.42. The fourth-order valence-corrected chi connectivity index (χ4v) is 2.82. The normalized spacial score (nSPS) is 19.2. The van der Waals surface area contributed by atoms with Gasteiger partial charge in [0.15, 0.2) is 0 Å². The van der Waals surface area contributed by atoms with Gasteiger partial charge < -0.3 is 5.32 Å². The molecule has 18 heavy (non-hydrogen) atoms. The molecule has 0 spiro atoms. The van der Waals surface area contributed by atoms with Crippen LogP contribution in [0.4, 0.5) is 8.78 Å². The largest absolute Gasteiger partial charge is 0.314 e. The molecule has 1 saturated heterocycles. The summed E-state index contributed by atoms with van der Waals surface area (Å²) in [5.74, 6) is 0. The second kappa shape index (κ2) is 6.41. The molecule has 0 amide bonds. The number of halogens is 4. The van der Waals surface area contributed by atoms with E-state index in [9.17, 15) is 8.78 Å². The van der Waals surface area contributed by atoms with Crippen molar-refractivity contribution in [2.45, 2.75) is 12.5 Å². The topological polar surface area (TPSA) is 15.3 Å². The van der Waals surface area contributed by atoms with Crippen LogP contribution in [0.25, 0.3) is 0 Å². The van der Waals surface area contributed by atoms with Crippen LogP contribution in [0.15, 0.2) is 27.1 Å². The Labute approximate surface area is 122 Å². The van der Waals surface area contributed by atoms with Gasteiger partial charge in [0.2, 0.25) is 0 Å². The number of alkyl halides is 2. The lowest BCUT2D eigenvalue weighted by atomic mass is 10.1.